The molecule has 5 nitrogen and oxygen atoms in total. The second-order valence-corrected chi connectivity index (χ2v) is 9.27. The monoisotopic (exact) mass is 380 g/mol. The molecule has 0 spiro atoms. The van der Waals surface area contributed by atoms with E-state index >= 15 is 0 Å². The van der Waals surface area contributed by atoms with Crippen LogP contribution in [0.4, 0.5) is 0 Å². The molecule has 3 saturated carbocycles. The van der Waals surface area contributed by atoms with Crippen molar-refractivity contribution >= 4 is 5.97 Å². The van der Waals surface area contributed by atoms with Crippen molar-refractivity contribution in [1.82, 2.24) is 0 Å². The van der Waals surface area contributed by atoms with E-state index in [4.69, 9.17) is 9.84 Å². The minimum atomic E-state index is -0.919. The van der Waals surface area contributed by atoms with Crippen molar-refractivity contribution < 1.29 is 24.9 Å². The van der Waals surface area contributed by atoms with Crippen LogP contribution in [0, 0.1) is 35.5 Å². The molecule has 27 heavy (non-hydrogen) atoms. The van der Waals surface area contributed by atoms with Gasteiger partial charge in [0.2, 0.25) is 0 Å². The third-order valence-electron chi connectivity index (χ3n) is 7.30. The van der Waals surface area contributed by atoms with Crippen molar-refractivity contribution in [2.24, 2.45) is 35.5 Å². The molecule has 3 fully saturated rings. The SMILES string of the molecule is CC1CCC(C(O)C=C[C@@H]2[C@@H]3CC(CCOCC(=O)O)C[C@@H]3C[C@H]2O)CC1. The number of carbonyl (C=O) groups is 1. The number of fused-ring (bicyclic) bond motifs is 1. The van der Waals surface area contributed by atoms with Crippen LogP contribution in [-0.4, -0.2) is 46.7 Å². The lowest BCUT2D eigenvalue weighted by Crippen LogP contribution is -2.24. The molecule has 3 N–H and O–H groups in total. The van der Waals surface area contributed by atoms with Gasteiger partial charge in [-0.25, -0.2) is 4.79 Å². The fourth-order valence-electron chi connectivity index (χ4n) is 5.71. The van der Waals surface area contributed by atoms with Crippen molar-refractivity contribution in [2.45, 2.75) is 70.5 Å². The summed E-state index contributed by atoms with van der Waals surface area (Å²) in [6.45, 7) is 2.57. The summed E-state index contributed by atoms with van der Waals surface area (Å²) in [7, 11) is 0. The van der Waals surface area contributed by atoms with Gasteiger partial charge in [0.1, 0.15) is 6.61 Å². The Balaban J connectivity index is 1.47. The number of ether oxygens (including phenoxy) is 1. The van der Waals surface area contributed by atoms with Crippen LogP contribution in [0.2, 0.25) is 0 Å². The van der Waals surface area contributed by atoms with Gasteiger partial charge in [-0.2, -0.15) is 0 Å². The quantitative estimate of drug-likeness (QED) is 0.444. The van der Waals surface area contributed by atoms with Gasteiger partial charge >= 0.3 is 5.97 Å². The summed E-state index contributed by atoms with van der Waals surface area (Å²) < 4.78 is 5.18. The van der Waals surface area contributed by atoms with Crippen LogP contribution in [0.25, 0.3) is 0 Å². The molecule has 154 valence electrons. The van der Waals surface area contributed by atoms with Crippen molar-refractivity contribution in [2.75, 3.05) is 13.2 Å². The molecule has 0 saturated heterocycles. The molecule has 0 aromatic heterocycles. The average molecular weight is 381 g/mol. The maximum atomic E-state index is 10.6. The molecule has 0 aliphatic heterocycles. The van der Waals surface area contributed by atoms with E-state index in [1.807, 2.05) is 6.08 Å². The molecule has 6 atom stereocenters. The number of hydrogen-bond acceptors (Lipinski definition) is 4. The Morgan fingerprint density at radius 1 is 1.19 bits per heavy atom. The molecule has 0 aromatic carbocycles. The van der Waals surface area contributed by atoms with Gasteiger partial charge in [0, 0.05) is 12.5 Å². The average Bonchev–Trinajstić information content (AvgIpc) is 3.13. The van der Waals surface area contributed by atoms with Crippen LogP contribution in [0.5, 0.6) is 0 Å². The summed E-state index contributed by atoms with van der Waals surface area (Å²) in [6.07, 6.45) is 11.9. The van der Waals surface area contributed by atoms with E-state index in [-0.39, 0.29) is 24.7 Å². The number of carboxylic acid groups (broad SMARTS) is 1. The Hall–Kier alpha value is -0.910. The zero-order chi connectivity index (χ0) is 19.4. The molecule has 0 heterocycles. The lowest BCUT2D eigenvalue weighted by molar-refractivity contribution is -0.142. The van der Waals surface area contributed by atoms with E-state index in [2.05, 4.69) is 13.0 Å². The highest BCUT2D eigenvalue weighted by Crippen LogP contribution is 2.51. The minimum absolute atomic E-state index is 0.150. The number of aliphatic hydroxyl groups excluding tert-OH is 2. The Bertz CT molecular complexity index is 511. The van der Waals surface area contributed by atoms with E-state index in [1.165, 1.54) is 12.8 Å². The largest absolute Gasteiger partial charge is 0.480 e. The first-order valence-electron chi connectivity index (χ1n) is 10.8. The van der Waals surface area contributed by atoms with E-state index < -0.39 is 5.97 Å². The summed E-state index contributed by atoms with van der Waals surface area (Å²) in [5, 5.41) is 29.7. The zero-order valence-corrected chi connectivity index (χ0v) is 16.5. The fourth-order valence-corrected chi connectivity index (χ4v) is 5.71. The van der Waals surface area contributed by atoms with Crippen LogP contribution >= 0.6 is 0 Å². The van der Waals surface area contributed by atoms with E-state index in [1.54, 1.807) is 0 Å². The van der Waals surface area contributed by atoms with Crippen LogP contribution in [0.3, 0.4) is 0 Å². The standard InChI is InChI=1S/C22H36O5/c1-14-2-4-16(5-3-14)20(23)7-6-18-19-11-15(8-9-27-13-22(25)26)10-17(19)12-21(18)24/h6-7,14-21,23-24H,2-5,8-13H2,1H3,(H,25,26)/t14?,15?,16?,17-,18-,19-,20?,21-/m1/s1. The zero-order valence-electron chi connectivity index (χ0n) is 16.5. The maximum absolute atomic E-state index is 10.6. The number of hydrogen-bond donors (Lipinski definition) is 3. The third-order valence-corrected chi connectivity index (χ3v) is 7.30. The van der Waals surface area contributed by atoms with Gasteiger partial charge in [-0.15, -0.1) is 0 Å². The number of aliphatic carboxylic acids is 1. The Kier molecular flexibility index (Phi) is 7.35. The third kappa shape index (κ3) is 5.55. The van der Waals surface area contributed by atoms with E-state index in [0.29, 0.717) is 30.3 Å². The Labute approximate surface area is 162 Å². The van der Waals surface area contributed by atoms with Gasteiger partial charge in [-0.1, -0.05) is 31.9 Å². The van der Waals surface area contributed by atoms with E-state index in [9.17, 15) is 15.0 Å². The summed E-state index contributed by atoms with van der Waals surface area (Å²) in [5.41, 5.74) is 0. The van der Waals surface area contributed by atoms with Crippen LogP contribution in [0.15, 0.2) is 12.2 Å². The first kappa shape index (κ1) is 20.8. The van der Waals surface area contributed by atoms with Gasteiger partial charge in [0.15, 0.2) is 0 Å². The number of carboxylic acids is 1. The second kappa shape index (κ2) is 9.53. The first-order chi connectivity index (χ1) is 12.9. The fraction of sp³-hybridized carbons (Fsp3) is 0.864. The molecule has 3 rings (SSSR count). The van der Waals surface area contributed by atoms with Gasteiger partial charge in [0.05, 0.1) is 12.2 Å². The molecular weight excluding hydrogens is 344 g/mol. The maximum Gasteiger partial charge on any atom is 0.329 e. The second-order valence-electron chi connectivity index (χ2n) is 9.27. The van der Waals surface area contributed by atoms with E-state index in [0.717, 1.165) is 44.4 Å². The minimum Gasteiger partial charge on any atom is -0.480 e. The number of rotatable bonds is 8. The highest BCUT2D eigenvalue weighted by atomic mass is 16.5. The summed E-state index contributed by atoms with van der Waals surface area (Å²) in [4.78, 5) is 10.5. The first-order valence-corrected chi connectivity index (χ1v) is 10.8. The lowest BCUT2D eigenvalue weighted by atomic mass is 9.79. The van der Waals surface area contributed by atoms with Crippen LogP contribution < -0.4 is 0 Å². The summed E-state index contributed by atoms with van der Waals surface area (Å²) in [5.74, 6) is 1.97. The summed E-state index contributed by atoms with van der Waals surface area (Å²) >= 11 is 0. The van der Waals surface area contributed by atoms with Crippen molar-refractivity contribution in [1.29, 1.82) is 0 Å². The molecule has 0 aromatic rings. The van der Waals surface area contributed by atoms with Gasteiger partial charge in [-0.3, -0.25) is 0 Å². The van der Waals surface area contributed by atoms with Crippen molar-refractivity contribution in [3.05, 3.63) is 12.2 Å². The normalized spacial score (nSPS) is 40.3. The van der Waals surface area contributed by atoms with Crippen molar-refractivity contribution in [3.63, 3.8) is 0 Å². The Morgan fingerprint density at radius 2 is 1.93 bits per heavy atom. The van der Waals surface area contributed by atoms with Crippen molar-refractivity contribution in [3.8, 4) is 0 Å². The molecule has 0 bridgehead atoms. The molecule has 3 aliphatic carbocycles. The smallest absolute Gasteiger partial charge is 0.329 e. The van der Waals surface area contributed by atoms with Gasteiger partial charge in [0.25, 0.3) is 0 Å². The highest BCUT2D eigenvalue weighted by molar-refractivity contribution is 5.67. The predicted molar refractivity (Wildman–Crippen MR) is 103 cm³/mol. The van der Waals surface area contributed by atoms with Gasteiger partial charge < -0.3 is 20.1 Å². The van der Waals surface area contributed by atoms with Crippen LogP contribution in [0.1, 0.15) is 58.3 Å². The van der Waals surface area contributed by atoms with Gasteiger partial charge in [-0.05, 0) is 68.1 Å². The molecule has 3 aliphatic rings. The summed E-state index contributed by atoms with van der Waals surface area (Å²) in [6, 6.07) is 0. The molecule has 0 radical (unpaired) electrons. The predicted octanol–water partition coefficient (Wildman–Crippen LogP) is 3.24. The lowest BCUT2D eigenvalue weighted by Gasteiger charge is -2.29. The number of aliphatic hydroxyl groups is 2. The molecule has 0 amide bonds. The van der Waals surface area contributed by atoms with Crippen LogP contribution in [-0.2, 0) is 9.53 Å². The topological polar surface area (TPSA) is 87.0 Å². The highest BCUT2D eigenvalue weighted by Gasteiger charge is 2.46. The Morgan fingerprint density at radius 3 is 2.63 bits per heavy atom. The molecule has 5 heteroatoms. The molecular formula is C22H36O5. The molecule has 2 unspecified atom stereocenters.